The van der Waals surface area contributed by atoms with Crippen LogP contribution in [-0.2, 0) is 17.8 Å². The number of fused-ring (bicyclic) bond motifs is 1. The first kappa shape index (κ1) is 12.8. The summed E-state index contributed by atoms with van der Waals surface area (Å²) < 4.78 is 13.1. The Morgan fingerprint density at radius 2 is 1.95 bits per heavy atom. The third kappa shape index (κ3) is 2.70. The molecule has 2 aromatic carbocycles. The molecule has 0 fully saturated rings. The van der Waals surface area contributed by atoms with Crippen molar-refractivity contribution in [2.45, 2.75) is 19.0 Å². The Balaban J connectivity index is 1.70. The van der Waals surface area contributed by atoms with E-state index >= 15 is 0 Å². The molecule has 0 saturated carbocycles. The molecule has 0 saturated heterocycles. The van der Waals surface area contributed by atoms with E-state index in [1.54, 1.807) is 12.1 Å². The fourth-order valence-corrected chi connectivity index (χ4v) is 2.44. The molecule has 4 heteroatoms. The highest BCUT2D eigenvalue weighted by Gasteiger charge is 2.23. The number of nitrogens with one attached hydrogen (secondary N) is 2. The Hall–Kier alpha value is -2.20. The van der Waals surface area contributed by atoms with Crippen molar-refractivity contribution >= 4 is 11.6 Å². The van der Waals surface area contributed by atoms with Crippen LogP contribution in [0.4, 0.5) is 10.1 Å². The lowest BCUT2D eigenvalue weighted by molar-refractivity contribution is -0.118. The van der Waals surface area contributed by atoms with Crippen molar-refractivity contribution < 1.29 is 9.18 Å². The van der Waals surface area contributed by atoms with Gasteiger partial charge in [-0.15, -0.1) is 0 Å². The van der Waals surface area contributed by atoms with E-state index < -0.39 is 0 Å². The van der Waals surface area contributed by atoms with Gasteiger partial charge in [0.25, 0.3) is 0 Å². The van der Waals surface area contributed by atoms with Crippen LogP contribution in [0.3, 0.4) is 0 Å². The number of hydrogen-bond donors (Lipinski definition) is 2. The van der Waals surface area contributed by atoms with Crippen LogP contribution in [0.2, 0.25) is 0 Å². The predicted molar refractivity (Wildman–Crippen MR) is 75.8 cm³/mol. The molecule has 1 atom stereocenters. The molecule has 0 bridgehead atoms. The van der Waals surface area contributed by atoms with E-state index in [1.165, 1.54) is 23.3 Å². The summed E-state index contributed by atoms with van der Waals surface area (Å²) in [6.07, 6.45) is 0.650. The van der Waals surface area contributed by atoms with Gasteiger partial charge in [-0.3, -0.25) is 4.79 Å². The molecule has 2 N–H and O–H groups in total. The molecule has 0 aromatic heterocycles. The first-order chi connectivity index (χ1) is 9.72. The molecule has 2 aromatic rings. The van der Waals surface area contributed by atoms with Crippen molar-refractivity contribution in [1.82, 2.24) is 5.32 Å². The molecular formula is C16H15FN2O. The molecule has 3 nitrogen and oxygen atoms in total. The number of carbonyl (C=O) groups excluding carboxylic acids is 1. The van der Waals surface area contributed by atoms with Gasteiger partial charge >= 0.3 is 0 Å². The van der Waals surface area contributed by atoms with Crippen LogP contribution in [0.25, 0.3) is 0 Å². The number of benzene rings is 2. The van der Waals surface area contributed by atoms with Crippen molar-refractivity contribution in [2.24, 2.45) is 0 Å². The quantitative estimate of drug-likeness (QED) is 0.880. The largest absolute Gasteiger partial charge is 0.325 e. The number of amides is 1. The fourth-order valence-electron chi connectivity index (χ4n) is 2.44. The normalized spacial score (nSPS) is 17.4. The summed E-state index contributed by atoms with van der Waals surface area (Å²) in [4.78, 5) is 12.2. The van der Waals surface area contributed by atoms with E-state index in [4.69, 9.17) is 0 Å². The van der Waals surface area contributed by atoms with Gasteiger partial charge in [-0.2, -0.15) is 0 Å². The molecule has 1 aliphatic rings. The monoisotopic (exact) mass is 270 g/mol. The van der Waals surface area contributed by atoms with E-state index in [2.05, 4.69) is 16.7 Å². The SMILES string of the molecule is O=C(Nc1cccc(F)c1)[C@H]1Cc2ccccc2CN1. The summed E-state index contributed by atoms with van der Waals surface area (Å²) in [5.74, 6) is -0.491. The minimum absolute atomic E-state index is 0.134. The molecule has 1 aliphatic heterocycles. The molecule has 1 heterocycles. The molecule has 0 aliphatic carbocycles. The van der Waals surface area contributed by atoms with Crippen molar-refractivity contribution in [3.63, 3.8) is 0 Å². The molecule has 1 amide bonds. The maximum Gasteiger partial charge on any atom is 0.241 e. The highest BCUT2D eigenvalue weighted by molar-refractivity contribution is 5.95. The number of hydrogen-bond acceptors (Lipinski definition) is 2. The number of rotatable bonds is 2. The maximum absolute atomic E-state index is 13.1. The summed E-state index contributed by atoms with van der Waals surface area (Å²) >= 11 is 0. The molecule has 0 unspecified atom stereocenters. The standard InChI is InChI=1S/C16H15FN2O/c17-13-6-3-7-14(9-13)19-16(20)15-8-11-4-1-2-5-12(11)10-18-15/h1-7,9,15,18H,8,10H2,(H,19,20)/t15-/m1/s1. The Labute approximate surface area is 116 Å². The van der Waals surface area contributed by atoms with E-state index in [-0.39, 0.29) is 17.8 Å². The number of halogens is 1. The second kappa shape index (κ2) is 5.43. The smallest absolute Gasteiger partial charge is 0.241 e. The van der Waals surface area contributed by atoms with E-state index in [0.717, 1.165) is 0 Å². The number of carbonyl (C=O) groups is 1. The zero-order chi connectivity index (χ0) is 13.9. The Morgan fingerprint density at radius 3 is 2.75 bits per heavy atom. The molecular weight excluding hydrogens is 255 g/mol. The first-order valence-electron chi connectivity index (χ1n) is 6.59. The Kier molecular flexibility index (Phi) is 3.48. The van der Waals surface area contributed by atoms with Crippen LogP contribution in [0.1, 0.15) is 11.1 Å². The predicted octanol–water partition coefficient (Wildman–Crippen LogP) is 2.48. The topological polar surface area (TPSA) is 41.1 Å². The van der Waals surface area contributed by atoms with Gasteiger partial charge in [0.05, 0.1) is 6.04 Å². The average Bonchev–Trinajstić information content (AvgIpc) is 2.47. The van der Waals surface area contributed by atoms with E-state index in [1.807, 2.05) is 18.2 Å². The first-order valence-corrected chi connectivity index (χ1v) is 6.59. The minimum atomic E-state index is -0.357. The Morgan fingerprint density at radius 1 is 1.15 bits per heavy atom. The maximum atomic E-state index is 13.1. The molecule has 0 radical (unpaired) electrons. The van der Waals surface area contributed by atoms with Crippen LogP contribution in [-0.4, -0.2) is 11.9 Å². The molecule has 102 valence electrons. The second-order valence-electron chi connectivity index (χ2n) is 4.91. The van der Waals surface area contributed by atoms with Crippen molar-refractivity contribution in [3.8, 4) is 0 Å². The molecule has 0 spiro atoms. The third-order valence-corrected chi connectivity index (χ3v) is 3.49. The van der Waals surface area contributed by atoms with Gasteiger partial charge in [-0.1, -0.05) is 30.3 Å². The van der Waals surface area contributed by atoms with Gasteiger partial charge < -0.3 is 10.6 Å². The summed E-state index contributed by atoms with van der Waals surface area (Å²) in [5, 5.41) is 5.95. The van der Waals surface area contributed by atoms with E-state index in [0.29, 0.717) is 18.7 Å². The van der Waals surface area contributed by atoms with Gasteiger partial charge in [0.15, 0.2) is 0 Å². The van der Waals surface area contributed by atoms with Crippen LogP contribution < -0.4 is 10.6 Å². The summed E-state index contributed by atoms with van der Waals surface area (Å²) in [7, 11) is 0. The van der Waals surface area contributed by atoms with Crippen LogP contribution in [0, 0.1) is 5.82 Å². The van der Waals surface area contributed by atoms with Gasteiger partial charge in [-0.25, -0.2) is 4.39 Å². The van der Waals surface area contributed by atoms with Crippen LogP contribution in [0.5, 0.6) is 0 Å². The van der Waals surface area contributed by atoms with Crippen molar-refractivity contribution in [2.75, 3.05) is 5.32 Å². The molecule has 20 heavy (non-hydrogen) atoms. The summed E-state index contributed by atoms with van der Waals surface area (Å²) in [6.45, 7) is 0.678. The van der Waals surface area contributed by atoms with Gasteiger partial charge in [0.1, 0.15) is 5.82 Å². The highest BCUT2D eigenvalue weighted by atomic mass is 19.1. The lowest BCUT2D eigenvalue weighted by Gasteiger charge is -2.25. The summed E-state index contributed by atoms with van der Waals surface area (Å²) in [5.41, 5.74) is 2.89. The molecule has 3 rings (SSSR count). The van der Waals surface area contributed by atoms with Gasteiger partial charge in [0, 0.05) is 12.2 Å². The Bertz CT molecular complexity index is 642. The zero-order valence-electron chi connectivity index (χ0n) is 10.9. The lowest BCUT2D eigenvalue weighted by Crippen LogP contribution is -2.44. The zero-order valence-corrected chi connectivity index (χ0v) is 10.9. The lowest BCUT2D eigenvalue weighted by atomic mass is 9.95. The second-order valence-corrected chi connectivity index (χ2v) is 4.91. The fraction of sp³-hybridized carbons (Fsp3) is 0.188. The van der Waals surface area contributed by atoms with Gasteiger partial charge in [0.2, 0.25) is 5.91 Å². The highest BCUT2D eigenvalue weighted by Crippen LogP contribution is 2.17. The van der Waals surface area contributed by atoms with Crippen LogP contribution >= 0.6 is 0 Å². The van der Waals surface area contributed by atoms with Crippen LogP contribution in [0.15, 0.2) is 48.5 Å². The van der Waals surface area contributed by atoms with Crippen molar-refractivity contribution in [1.29, 1.82) is 0 Å². The average molecular weight is 270 g/mol. The number of anilines is 1. The van der Waals surface area contributed by atoms with E-state index in [9.17, 15) is 9.18 Å². The minimum Gasteiger partial charge on any atom is -0.325 e. The summed E-state index contributed by atoms with van der Waals surface area (Å²) in [6, 6.07) is 13.7. The van der Waals surface area contributed by atoms with Gasteiger partial charge in [-0.05, 0) is 35.7 Å². The van der Waals surface area contributed by atoms with Crippen molar-refractivity contribution in [3.05, 3.63) is 65.5 Å². The third-order valence-electron chi connectivity index (χ3n) is 3.49.